The molecule has 0 saturated heterocycles. The lowest BCUT2D eigenvalue weighted by molar-refractivity contribution is -0.145. The van der Waals surface area contributed by atoms with E-state index in [4.69, 9.17) is 30.5 Å². The number of esters is 2. The Morgan fingerprint density at radius 1 is 1.27 bits per heavy atom. The molecule has 0 fully saturated rings. The number of benzene rings is 2. The Hall–Kier alpha value is -3.32. The first kappa shape index (κ1) is 21.4. The summed E-state index contributed by atoms with van der Waals surface area (Å²) in [5.41, 5.74) is 2.37. The molecule has 1 heterocycles. The average molecular weight is 430 g/mol. The lowest BCUT2D eigenvalue weighted by Gasteiger charge is -2.12. The zero-order valence-corrected chi connectivity index (χ0v) is 17.5. The predicted octanol–water partition coefficient (Wildman–Crippen LogP) is 3.94. The second-order valence-electron chi connectivity index (χ2n) is 6.28. The van der Waals surface area contributed by atoms with Crippen molar-refractivity contribution in [2.45, 2.75) is 13.8 Å². The van der Waals surface area contributed by atoms with Gasteiger partial charge in [0.05, 0.1) is 18.7 Å². The van der Waals surface area contributed by atoms with Crippen molar-refractivity contribution in [2.24, 2.45) is 4.99 Å². The maximum atomic E-state index is 12.3. The molecular weight excluding hydrogens is 410 g/mol. The summed E-state index contributed by atoms with van der Waals surface area (Å²) >= 11 is 6.30. The molecule has 156 valence electrons. The highest BCUT2D eigenvalue weighted by Crippen LogP contribution is 2.37. The standard InChI is InChI=1S/C22H20ClNO6/c1-4-28-19(25)12-29-20-16(23)9-14(11-18(20)27-3)10-17-22(26)30-21(24-17)15-8-6-5-7-13(15)2/h5-11H,4,12H2,1-3H3/b17-10-. The van der Waals surface area contributed by atoms with Gasteiger partial charge in [0.1, 0.15) is 0 Å². The van der Waals surface area contributed by atoms with Crippen LogP contribution in [0.1, 0.15) is 23.6 Å². The summed E-state index contributed by atoms with van der Waals surface area (Å²) in [6, 6.07) is 10.7. The minimum absolute atomic E-state index is 0.131. The molecule has 0 aliphatic carbocycles. The number of carbonyl (C=O) groups excluding carboxylic acids is 2. The van der Waals surface area contributed by atoms with E-state index in [2.05, 4.69) is 4.99 Å². The number of carbonyl (C=O) groups is 2. The zero-order chi connectivity index (χ0) is 21.7. The van der Waals surface area contributed by atoms with Gasteiger partial charge in [-0.2, -0.15) is 0 Å². The van der Waals surface area contributed by atoms with Crippen LogP contribution in [0.25, 0.3) is 6.08 Å². The molecule has 8 heteroatoms. The molecule has 1 aliphatic rings. The molecule has 0 bridgehead atoms. The van der Waals surface area contributed by atoms with Crippen LogP contribution in [-0.4, -0.2) is 38.2 Å². The van der Waals surface area contributed by atoms with Crippen LogP contribution in [0.2, 0.25) is 5.02 Å². The van der Waals surface area contributed by atoms with Crippen LogP contribution in [0.5, 0.6) is 11.5 Å². The summed E-state index contributed by atoms with van der Waals surface area (Å²) in [4.78, 5) is 28.1. The van der Waals surface area contributed by atoms with Crippen molar-refractivity contribution in [3.63, 3.8) is 0 Å². The number of ether oxygens (including phenoxy) is 4. The highest BCUT2D eigenvalue weighted by Gasteiger charge is 2.25. The summed E-state index contributed by atoms with van der Waals surface area (Å²) in [6.45, 7) is 3.56. The fourth-order valence-corrected chi connectivity index (χ4v) is 3.07. The van der Waals surface area contributed by atoms with Crippen molar-refractivity contribution < 1.29 is 28.5 Å². The number of cyclic esters (lactones) is 1. The van der Waals surface area contributed by atoms with Crippen molar-refractivity contribution in [3.05, 3.63) is 63.8 Å². The summed E-state index contributed by atoms with van der Waals surface area (Å²) in [7, 11) is 1.44. The van der Waals surface area contributed by atoms with E-state index in [9.17, 15) is 9.59 Å². The Bertz CT molecular complexity index is 1040. The monoisotopic (exact) mass is 429 g/mol. The van der Waals surface area contributed by atoms with Gasteiger partial charge in [-0.05, 0) is 49.2 Å². The van der Waals surface area contributed by atoms with Crippen LogP contribution in [0.4, 0.5) is 0 Å². The van der Waals surface area contributed by atoms with E-state index in [1.54, 1.807) is 19.1 Å². The summed E-state index contributed by atoms with van der Waals surface area (Å²) < 4.78 is 20.9. The molecule has 2 aromatic rings. The first-order valence-corrected chi connectivity index (χ1v) is 9.55. The van der Waals surface area contributed by atoms with Crippen molar-refractivity contribution in [1.29, 1.82) is 0 Å². The molecule has 0 unspecified atom stereocenters. The molecule has 7 nitrogen and oxygen atoms in total. The Morgan fingerprint density at radius 3 is 2.73 bits per heavy atom. The van der Waals surface area contributed by atoms with Gasteiger partial charge in [-0.1, -0.05) is 29.8 Å². The number of hydrogen-bond donors (Lipinski definition) is 0. The van der Waals surface area contributed by atoms with Gasteiger partial charge in [0.2, 0.25) is 5.90 Å². The molecule has 0 aromatic heterocycles. The summed E-state index contributed by atoms with van der Waals surface area (Å²) in [5.74, 6) is -0.336. The third-order valence-electron chi connectivity index (χ3n) is 4.19. The molecule has 0 spiro atoms. The van der Waals surface area contributed by atoms with Crippen LogP contribution in [0, 0.1) is 6.92 Å². The number of aliphatic imine (C=N–C) groups is 1. The predicted molar refractivity (Wildman–Crippen MR) is 112 cm³/mol. The minimum atomic E-state index is -0.564. The second-order valence-corrected chi connectivity index (χ2v) is 6.69. The minimum Gasteiger partial charge on any atom is -0.493 e. The van der Waals surface area contributed by atoms with Gasteiger partial charge in [-0.25, -0.2) is 14.6 Å². The van der Waals surface area contributed by atoms with Gasteiger partial charge < -0.3 is 18.9 Å². The molecule has 2 aromatic carbocycles. The maximum absolute atomic E-state index is 12.3. The SMILES string of the molecule is CCOC(=O)COc1c(Cl)cc(/C=C2\N=C(c3ccccc3C)OC2=O)cc1OC. The van der Waals surface area contributed by atoms with Crippen LogP contribution in [0.15, 0.2) is 47.1 Å². The number of hydrogen-bond acceptors (Lipinski definition) is 7. The number of rotatable bonds is 7. The largest absolute Gasteiger partial charge is 0.493 e. The van der Waals surface area contributed by atoms with E-state index in [1.165, 1.54) is 13.2 Å². The molecule has 0 saturated carbocycles. The Balaban J connectivity index is 1.88. The van der Waals surface area contributed by atoms with Gasteiger partial charge in [0.25, 0.3) is 0 Å². The van der Waals surface area contributed by atoms with Crippen molar-refractivity contribution in [3.8, 4) is 11.5 Å². The van der Waals surface area contributed by atoms with Gasteiger partial charge in [0.15, 0.2) is 23.8 Å². The van der Waals surface area contributed by atoms with E-state index >= 15 is 0 Å². The third-order valence-corrected chi connectivity index (χ3v) is 4.47. The van der Waals surface area contributed by atoms with E-state index in [1.807, 2.05) is 31.2 Å². The Labute approximate surface area is 178 Å². The molecule has 3 rings (SSSR count). The van der Waals surface area contributed by atoms with Crippen LogP contribution in [0.3, 0.4) is 0 Å². The number of aryl methyl sites for hydroxylation is 1. The molecule has 0 radical (unpaired) electrons. The second kappa shape index (κ2) is 9.45. The Morgan fingerprint density at radius 2 is 2.03 bits per heavy atom. The molecule has 0 amide bonds. The number of halogens is 1. The molecule has 30 heavy (non-hydrogen) atoms. The van der Waals surface area contributed by atoms with Crippen LogP contribution >= 0.6 is 11.6 Å². The van der Waals surface area contributed by atoms with Crippen molar-refractivity contribution >= 4 is 35.5 Å². The van der Waals surface area contributed by atoms with Crippen molar-refractivity contribution in [1.82, 2.24) is 0 Å². The first-order valence-electron chi connectivity index (χ1n) is 9.17. The van der Waals surface area contributed by atoms with Gasteiger partial charge >= 0.3 is 11.9 Å². The highest BCUT2D eigenvalue weighted by molar-refractivity contribution is 6.32. The fourth-order valence-electron chi connectivity index (χ4n) is 2.79. The summed E-state index contributed by atoms with van der Waals surface area (Å²) in [6.07, 6.45) is 1.54. The average Bonchev–Trinajstić information content (AvgIpc) is 3.07. The van der Waals surface area contributed by atoms with Crippen LogP contribution < -0.4 is 9.47 Å². The zero-order valence-electron chi connectivity index (χ0n) is 16.7. The van der Waals surface area contributed by atoms with Crippen LogP contribution in [-0.2, 0) is 19.1 Å². The lowest BCUT2D eigenvalue weighted by Crippen LogP contribution is -2.15. The normalized spacial score (nSPS) is 14.3. The van der Waals surface area contributed by atoms with Gasteiger partial charge in [-0.15, -0.1) is 0 Å². The summed E-state index contributed by atoms with van der Waals surface area (Å²) in [5, 5.41) is 0.208. The maximum Gasteiger partial charge on any atom is 0.363 e. The fraction of sp³-hybridized carbons (Fsp3) is 0.227. The smallest absolute Gasteiger partial charge is 0.363 e. The van der Waals surface area contributed by atoms with E-state index in [0.29, 0.717) is 11.3 Å². The quantitative estimate of drug-likeness (QED) is 0.489. The van der Waals surface area contributed by atoms with Gasteiger partial charge in [0, 0.05) is 5.56 Å². The molecular formula is C22H20ClNO6. The van der Waals surface area contributed by atoms with Crippen molar-refractivity contribution in [2.75, 3.05) is 20.3 Å². The van der Waals surface area contributed by atoms with Gasteiger partial charge in [-0.3, -0.25) is 0 Å². The number of methoxy groups -OCH3 is 1. The van der Waals surface area contributed by atoms with E-state index in [-0.39, 0.29) is 35.6 Å². The topological polar surface area (TPSA) is 83.4 Å². The Kier molecular flexibility index (Phi) is 6.74. The van der Waals surface area contributed by atoms with E-state index < -0.39 is 11.9 Å². The molecule has 0 N–H and O–H groups in total. The molecule has 0 atom stereocenters. The first-order chi connectivity index (χ1) is 14.4. The lowest BCUT2D eigenvalue weighted by atomic mass is 10.1. The highest BCUT2D eigenvalue weighted by atomic mass is 35.5. The van der Waals surface area contributed by atoms with E-state index in [0.717, 1.165) is 11.1 Å². The number of nitrogens with zero attached hydrogens (tertiary/aromatic N) is 1. The molecule has 1 aliphatic heterocycles. The third kappa shape index (κ3) is 4.80.